The number of hydrogen-bond donors (Lipinski definition) is 1. The predicted molar refractivity (Wildman–Crippen MR) is 145 cm³/mol. The second kappa shape index (κ2) is 12.9. The predicted octanol–water partition coefficient (Wildman–Crippen LogP) is 2.97. The summed E-state index contributed by atoms with van der Waals surface area (Å²) >= 11 is 1.72. The van der Waals surface area contributed by atoms with Crippen LogP contribution in [0.4, 0.5) is 0 Å². The first-order valence-electron chi connectivity index (χ1n) is 11.0. The molecule has 2 nitrogen and oxygen atoms in total. The number of carbonyl (C=O) groups excluding carboxylic acids is 1. The Kier molecular flexibility index (Phi) is 9.94. The lowest BCUT2D eigenvalue weighted by Crippen LogP contribution is -3.00. The highest BCUT2D eigenvalue weighted by atomic mass is 127. The molecule has 1 amide bonds. The Bertz CT molecular complexity index is 1110. The van der Waals surface area contributed by atoms with Crippen LogP contribution in [-0.4, -0.2) is 11.7 Å². The molecule has 1 N–H and O–H groups in total. The summed E-state index contributed by atoms with van der Waals surface area (Å²) in [6.07, 6.45) is 0. The average Bonchev–Trinajstić information content (AvgIpc) is 2.90. The van der Waals surface area contributed by atoms with Gasteiger partial charge in [0.25, 0.3) is 5.91 Å². The van der Waals surface area contributed by atoms with Crippen LogP contribution >= 0.6 is 19.0 Å². The molecule has 0 bridgehead atoms. The van der Waals surface area contributed by atoms with Crippen molar-refractivity contribution in [1.29, 1.82) is 0 Å². The average molecular weight is 595 g/mol. The molecule has 4 aromatic carbocycles. The molecule has 34 heavy (non-hydrogen) atoms. The zero-order valence-corrected chi connectivity index (χ0v) is 22.8. The summed E-state index contributed by atoms with van der Waals surface area (Å²) in [4.78, 5) is 13.4. The van der Waals surface area contributed by atoms with Gasteiger partial charge in [-0.05, 0) is 54.3 Å². The third-order valence-corrected chi connectivity index (χ3v) is 10.5. The van der Waals surface area contributed by atoms with Crippen LogP contribution in [0.1, 0.15) is 17.3 Å². The molecule has 5 heteroatoms. The fraction of sp³-hybridized carbons (Fsp3) is 0.0690. The summed E-state index contributed by atoms with van der Waals surface area (Å²) in [5, 5.41) is 9.13. The number of amides is 1. The lowest BCUT2D eigenvalue weighted by Gasteiger charge is -2.29. The maximum absolute atomic E-state index is 13.4. The van der Waals surface area contributed by atoms with Crippen molar-refractivity contribution in [2.24, 2.45) is 0 Å². The summed E-state index contributed by atoms with van der Waals surface area (Å²) < 4.78 is 0. The van der Waals surface area contributed by atoms with Gasteiger partial charge in [0.15, 0.2) is 12.7 Å². The molecule has 0 aliphatic rings. The number of halogens is 1. The monoisotopic (exact) mass is 595 g/mol. The molecular formula is C29H27INOPS. The lowest BCUT2D eigenvalue weighted by atomic mass is 10.2. The molecular weight excluding hydrogens is 568 g/mol. The minimum absolute atomic E-state index is 0. The largest absolute Gasteiger partial charge is 1.00 e. The maximum atomic E-state index is 13.4. The first kappa shape index (κ1) is 26.2. The number of nitrogens with one attached hydrogen (secondary N) is 1. The van der Waals surface area contributed by atoms with Crippen LogP contribution in [0.15, 0.2) is 132 Å². The van der Waals surface area contributed by atoms with Crippen molar-refractivity contribution in [1.82, 2.24) is 5.32 Å². The van der Waals surface area contributed by atoms with Crippen LogP contribution in [0.5, 0.6) is 0 Å². The van der Waals surface area contributed by atoms with Crippen molar-refractivity contribution in [3.05, 3.63) is 138 Å². The Balaban J connectivity index is 0.00000324. The van der Waals surface area contributed by atoms with Gasteiger partial charge in [-0.25, -0.2) is 0 Å². The van der Waals surface area contributed by atoms with Crippen molar-refractivity contribution in [3.63, 3.8) is 0 Å². The summed E-state index contributed by atoms with van der Waals surface area (Å²) in [5.74, 6) is 0.828. The van der Waals surface area contributed by atoms with Gasteiger partial charge in [0, 0.05) is 11.0 Å². The first-order chi connectivity index (χ1) is 16.3. The summed E-state index contributed by atoms with van der Waals surface area (Å²) in [7, 11) is -2.36. The lowest BCUT2D eigenvalue weighted by molar-refractivity contribution is -0.0000146. The quantitative estimate of drug-likeness (QED) is 0.251. The standard InChI is InChI=1S/C29H26NOPS.HI/c1-2-33-23-28(30-29(31)24-15-7-3-8-16-24)32(25-17-9-4-10-18-25,26-19-11-5-12-20-26)27-21-13-6-14-22-27;/h3-23H,2H2,1H3;1H. The van der Waals surface area contributed by atoms with Gasteiger partial charge in [0.2, 0.25) is 0 Å². The number of thioether (sulfide) groups is 1. The fourth-order valence-corrected chi connectivity index (χ4v) is 9.05. The van der Waals surface area contributed by atoms with E-state index in [0.29, 0.717) is 5.56 Å². The van der Waals surface area contributed by atoms with E-state index in [1.807, 2.05) is 48.5 Å². The van der Waals surface area contributed by atoms with E-state index < -0.39 is 7.26 Å². The van der Waals surface area contributed by atoms with Crippen molar-refractivity contribution in [2.75, 3.05) is 5.75 Å². The molecule has 0 fully saturated rings. The van der Waals surface area contributed by atoms with Gasteiger partial charge in [-0.2, -0.15) is 0 Å². The second-order valence-corrected chi connectivity index (χ2v) is 12.0. The Morgan fingerprint density at radius 1 is 0.706 bits per heavy atom. The molecule has 0 unspecified atom stereocenters. The van der Waals surface area contributed by atoms with Crippen molar-refractivity contribution >= 4 is 40.8 Å². The first-order valence-corrected chi connectivity index (χ1v) is 13.8. The second-order valence-electron chi connectivity index (χ2n) is 7.46. The number of carbonyl (C=O) groups is 1. The SMILES string of the molecule is CCSC=C(NC(=O)c1ccccc1)[P+](c1ccccc1)(c1ccccc1)c1ccccc1.[I-]. The molecule has 4 rings (SSSR count). The van der Waals surface area contributed by atoms with Crippen molar-refractivity contribution in [2.45, 2.75) is 6.92 Å². The van der Waals surface area contributed by atoms with E-state index in [1.165, 1.54) is 15.9 Å². The van der Waals surface area contributed by atoms with Gasteiger partial charge >= 0.3 is 0 Å². The van der Waals surface area contributed by atoms with Gasteiger partial charge in [-0.15, -0.1) is 11.8 Å². The van der Waals surface area contributed by atoms with E-state index in [-0.39, 0.29) is 29.9 Å². The third-order valence-electron chi connectivity index (χ3n) is 5.43. The smallest absolute Gasteiger partial charge is 0.258 e. The zero-order valence-electron chi connectivity index (χ0n) is 19.0. The highest BCUT2D eigenvalue weighted by molar-refractivity contribution is 8.04. The molecule has 0 aliphatic carbocycles. The molecule has 172 valence electrons. The topological polar surface area (TPSA) is 29.1 Å². The highest BCUT2D eigenvalue weighted by Crippen LogP contribution is 2.61. The van der Waals surface area contributed by atoms with Gasteiger partial charge < -0.3 is 24.0 Å². The normalized spacial score (nSPS) is 11.4. The van der Waals surface area contributed by atoms with Crippen LogP contribution < -0.4 is 45.2 Å². The Morgan fingerprint density at radius 2 is 1.09 bits per heavy atom. The van der Waals surface area contributed by atoms with E-state index in [2.05, 4.69) is 90.4 Å². The number of rotatable bonds is 8. The zero-order chi connectivity index (χ0) is 22.9. The van der Waals surface area contributed by atoms with Crippen LogP contribution in [0.3, 0.4) is 0 Å². The Labute approximate surface area is 224 Å². The third kappa shape index (κ3) is 5.63. The van der Waals surface area contributed by atoms with Crippen molar-refractivity contribution < 1.29 is 28.8 Å². The summed E-state index contributed by atoms with van der Waals surface area (Å²) in [6, 6.07) is 41.2. The van der Waals surface area contributed by atoms with Crippen LogP contribution in [0.25, 0.3) is 0 Å². The molecule has 0 atom stereocenters. The Morgan fingerprint density at radius 3 is 1.47 bits per heavy atom. The van der Waals surface area contributed by atoms with Gasteiger partial charge in [-0.3, -0.25) is 10.1 Å². The maximum Gasteiger partial charge on any atom is 0.258 e. The minimum atomic E-state index is -2.36. The van der Waals surface area contributed by atoms with Crippen LogP contribution in [0.2, 0.25) is 0 Å². The highest BCUT2D eigenvalue weighted by Gasteiger charge is 2.50. The summed E-state index contributed by atoms with van der Waals surface area (Å²) in [6.45, 7) is 2.13. The molecule has 0 spiro atoms. The Hall–Kier alpha value is -2.40. The summed E-state index contributed by atoms with van der Waals surface area (Å²) in [5.41, 5.74) is 1.60. The molecule has 0 saturated heterocycles. The molecule has 0 saturated carbocycles. The molecule has 0 aliphatic heterocycles. The number of benzene rings is 4. The van der Waals surface area contributed by atoms with Crippen molar-refractivity contribution in [3.8, 4) is 0 Å². The van der Waals surface area contributed by atoms with E-state index in [4.69, 9.17) is 0 Å². The molecule has 0 heterocycles. The fourth-order valence-electron chi connectivity index (χ4n) is 3.95. The van der Waals surface area contributed by atoms with Crippen LogP contribution in [0, 0.1) is 0 Å². The van der Waals surface area contributed by atoms with E-state index in [1.54, 1.807) is 11.8 Å². The van der Waals surface area contributed by atoms with E-state index in [9.17, 15) is 4.79 Å². The van der Waals surface area contributed by atoms with Gasteiger partial charge in [0.05, 0.1) is 0 Å². The van der Waals surface area contributed by atoms with E-state index in [0.717, 1.165) is 11.2 Å². The van der Waals surface area contributed by atoms with Gasteiger partial charge in [-0.1, -0.05) is 79.7 Å². The molecule has 4 aromatic rings. The number of hydrogen-bond acceptors (Lipinski definition) is 2. The van der Waals surface area contributed by atoms with E-state index >= 15 is 0 Å². The minimum Gasteiger partial charge on any atom is -1.00 e. The molecule has 0 aromatic heterocycles. The molecule has 0 radical (unpaired) electrons. The van der Waals surface area contributed by atoms with Crippen LogP contribution in [-0.2, 0) is 0 Å². The van der Waals surface area contributed by atoms with Gasteiger partial charge in [0.1, 0.15) is 15.9 Å².